The van der Waals surface area contributed by atoms with E-state index in [1.54, 1.807) is 0 Å². The molecule has 0 aromatic carbocycles. The average molecular weight is 242 g/mol. The summed E-state index contributed by atoms with van der Waals surface area (Å²) in [6, 6.07) is 0.455. The van der Waals surface area contributed by atoms with Gasteiger partial charge in [-0.1, -0.05) is 27.7 Å². The summed E-state index contributed by atoms with van der Waals surface area (Å²) in [5, 5.41) is 13.2. The number of nitrogens with zero attached hydrogens (tertiary/aromatic N) is 1. The Kier molecular flexibility index (Phi) is 6.45. The van der Waals surface area contributed by atoms with Gasteiger partial charge in [0.25, 0.3) is 0 Å². The zero-order valence-electron chi connectivity index (χ0n) is 11.9. The second kappa shape index (κ2) is 7.34. The molecule has 102 valence electrons. The smallest absolute Gasteiger partial charge is 0.0791 e. The van der Waals surface area contributed by atoms with Gasteiger partial charge < -0.3 is 15.3 Å². The predicted octanol–water partition coefficient (Wildman–Crippen LogP) is 1.71. The van der Waals surface area contributed by atoms with Crippen molar-refractivity contribution in [1.29, 1.82) is 0 Å². The molecule has 1 rings (SSSR count). The maximum absolute atomic E-state index is 9.92. The summed E-state index contributed by atoms with van der Waals surface area (Å²) in [7, 11) is 0. The quantitative estimate of drug-likeness (QED) is 0.744. The molecule has 0 spiro atoms. The summed E-state index contributed by atoms with van der Waals surface area (Å²) in [4.78, 5) is 2.41. The average Bonchev–Trinajstić information content (AvgIpc) is 2.27. The fraction of sp³-hybridized carbons (Fsp3) is 1.00. The van der Waals surface area contributed by atoms with Gasteiger partial charge in [-0.2, -0.15) is 0 Å². The fourth-order valence-corrected chi connectivity index (χ4v) is 2.54. The molecule has 3 nitrogen and oxygen atoms in total. The van der Waals surface area contributed by atoms with Gasteiger partial charge in [0, 0.05) is 19.1 Å². The first-order valence-corrected chi connectivity index (χ1v) is 7.12. The van der Waals surface area contributed by atoms with Crippen LogP contribution in [0, 0.1) is 11.8 Å². The minimum absolute atomic E-state index is 0.229. The van der Waals surface area contributed by atoms with E-state index in [2.05, 4.69) is 37.9 Å². The van der Waals surface area contributed by atoms with Crippen LogP contribution in [-0.4, -0.2) is 48.3 Å². The van der Waals surface area contributed by atoms with Crippen molar-refractivity contribution < 1.29 is 5.11 Å². The van der Waals surface area contributed by atoms with E-state index in [0.29, 0.717) is 12.6 Å². The van der Waals surface area contributed by atoms with Crippen molar-refractivity contribution in [2.45, 2.75) is 52.7 Å². The van der Waals surface area contributed by atoms with Crippen LogP contribution in [0.4, 0.5) is 0 Å². The van der Waals surface area contributed by atoms with Crippen LogP contribution in [0.25, 0.3) is 0 Å². The number of likely N-dealkylation sites (tertiary alicyclic amines) is 1. The lowest BCUT2D eigenvalue weighted by Crippen LogP contribution is -2.43. The van der Waals surface area contributed by atoms with Crippen LogP contribution in [0.15, 0.2) is 0 Å². The molecule has 1 saturated heterocycles. The molecule has 3 heteroatoms. The highest BCUT2D eigenvalue weighted by Crippen LogP contribution is 2.24. The van der Waals surface area contributed by atoms with E-state index in [9.17, 15) is 5.11 Å². The number of β-amino-alcohol motifs (C(OH)–C–C–N with tert-alkyl or cyclic N) is 1. The lowest BCUT2D eigenvalue weighted by atomic mass is 9.86. The zero-order chi connectivity index (χ0) is 12.8. The molecular weight excluding hydrogens is 212 g/mol. The largest absolute Gasteiger partial charge is 0.390 e. The summed E-state index contributed by atoms with van der Waals surface area (Å²) in [5.41, 5.74) is 0. The first kappa shape index (κ1) is 14.9. The van der Waals surface area contributed by atoms with E-state index in [1.165, 1.54) is 12.8 Å². The SMILES string of the molecule is CC(C)NCC(O)CN1CCC(C(C)C)CC1. The van der Waals surface area contributed by atoms with Crippen LogP contribution in [0.1, 0.15) is 40.5 Å². The third-order valence-electron chi connectivity index (χ3n) is 3.81. The van der Waals surface area contributed by atoms with Gasteiger partial charge in [-0.15, -0.1) is 0 Å². The highest BCUT2D eigenvalue weighted by Gasteiger charge is 2.22. The van der Waals surface area contributed by atoms with Crippen molar-refractivity contribution >= 4 is 0 Å². The number of aliphatic hydroxyl groups excluding tert-OH is 1. The Labute approximate surface area is 107 Å². The van der Waals surface area contributed by atoms with E-state index in [-0.39, 0.29) is 6.10 Å². The number of rotatable bonds is 6. The summed E-state index contributed by atoms with van der Waals surface area (Å²) < 4.78 is 0. The highest BCUT2D eigenvalue weighted by molar-refractivity contribution is 4.76. The molecule has 0 radical (unpaired) electrons. The van der Waals surface area contributed by atoms with Crippen molar-refractivity contribution in [3.8, 4) is 0 Å². The second-order valence-corrected chi connectivity index (χ2v) is 6.10. The molecule has 17 heavy (non-hydrogen) atoms. The lowest BCUT2D eigenvalue weighted by molar-refractivity contribution is 0.0804. The standard InChI is InChI=1S/C14H30N2O/c1-11(2)13-5-7-16(8-6-13)10-14(17)9-15-12(3)4/h11-15,17H,5-10H2,1-4H3. The van der Waals surface area contributed by atoms with Gasteiger partial charge >= 0.3 is 0 Å². The van der Waals surface area contributed by atoms with Gasteiger partial charge in [0.1, 0.15) is 0 Å². The van der Waals surface area contributed by atoms with Gasteiger partial charge in [-0.05, 0) is 37.8 Å². The Hall–Kier alpha value is -0.120. The molecule has 0 bridgehead atoms. The summed E-state index contributed by atoms with van der Waals surface area (Å²) in [6.45, 7) is 12.7. The van der Waals surface area contributed by atoms with Crippen LogP contribution < -0.4 is 5.32 Å². The van der Waals surface area contributed by atoms with Crippen LogP contribution >= 0.6 is 0 Å². The molecule has 1 fully saturated rings. The monoisotopic (exact) mass is 242 g/mol. The molecule has 0 aliphatic carbocycles. The Morgan fingerprint density at radius 2 is 1.76 bits per heavy atom. The van der Waals surface area contributed by atoms with Crippen molar-refractivity contribution in [2.75, 3.05) is 26.2 Å². The first-order chi connectivity index (χ1) is 7.99. The minimum atomic E-state index is -0.229. The fourth-order valence-electron chi connectivity index (χ4n) is 2.54. The van der Waals surface area contributed by atoms with Gasteiger partial charge in [0.05, 0.1) is 6.10 Å². The molecule has 2 N–H and O–H groups in total. The number of piperidine rings is 1. The van der Waals surface area contributed by atoms with E-state index in [0.717, 1.165) is 31.5 Å². The van der Waals surface area contributed by atoms with E-state index in [4.69, 9.17) is 0 Å². The predicted molar refractivity (Wildman–Crippen MR) is 73.1 cm³/mol. The molecule has 1 aliphatic heterocycles. The molecule has 1 atom stereocenters. The molecule has 0 saturated carbocycles. The summed E-state index contributed by atoms with van der Waals surface area (Å²) in [6.07, 6.45) is 2.36. The van der Waals surface area contributed by atoms with Crippen LogP contribution in [0.2, 0.25) is 0 Å². The molecule has 1 aliphatic rings. The maximum atomic E-state index is 9.92. The van der Waals surface area contributed by atoms with Gasteiger partial charge in [-0.3, -0.25) is 0 Å². The molecule has 0 aromatic heterocycles. The zero-order valence-corrected chi connectivity index (χ0v) is 11.9. The minimum Gasteiger partial charge on any atom is -0.390 e. The first-order valence-electron chi connectivity index (χ1n) is 7.12. The summed E-state index contributed by atoms with van der Waals surface area (Å²) >= 11 is 0. The third-order valence-corrected chi connectivity index (χ3v) is 3.81. The van der Waals surface area contributed by atoms with Crippen LogP contribution in [0.3, 0.4) is 0 Å². The Morgan fingerprint density at radius 1 is 1.18 bits per heavy atom. The Bertz CT molecular complexity index is 198. The Morgan fingerprint density at radius 3 is 2.24 bits per heavy atom. The van der Waals surface area contributed by atoms with Gasteiger partial charge in [-0.25, -0.2) is 0 Å². The van der Waals surface area contributed by atoms with E-state index >= 15 is 0 Å². The number of hydrogen-bond acceptors (Lipinski definition) is 3. The molecule has 0 amide bonds. The van der Waals surface area contributed by atoms with Crippen LogP contribution in [-0.2, 0) is 0 Å². The molecule has 1 unspecified atom stereocenters. The van der Waals surface area contributed by atoms with Crippen molar-refractivity contribution in [3.05, 3.63) is 0 Å². The lowest BCUT2D eigenvalue weighted by Gasteiger charge is -2.35. The molecular formula is C14H30N2O. The maximum Gasteiger partial charge on any atom is 0.0791 e. The number of aliphatic hydroxyl groups is 1. The molecule has 1 heterocycles. The number of nitrogens with one attached hydrogen (secondary N) is 1. The second-order valence-electron chi connectivity index (χ2n) is 6.10. The van der Waals surface area contributed by atoms with E-state index in [1.807, 2.05) is 0 Å². The Balaban J connectivity index is 2.17. The highest BCUT2D eigenvalue weighted by atomic mass is 16.3. The normalized spacial score (nSPS) is 21.4. The van der Waals surface area contributed by atoms with Crippen molar-refractivity contribution in [1.82, 2.24) is 10.2 Å². The van der Waals surface area contributed by atoms with Gasteiger partial charge in [0.2, 0.25) is 0 Å². The van der Waals surface area contributed by atoms with Gasteiger partial charge in [0.15, 0.2) is 0 Å². The topological polar surface area (TPSA) is 35.5 Å². The third kappa shape index (κ3) is 5.84. The van der Waals surface area contributed by atoms with Crippen molar-refractivity contribution in [2.24, 2.45) is 11.8 Å². The van der Waals surface area contributed by atoms with Crippen LogP contribution in [0.5, 0.6) is 0 Å². The molecule has 0 aromatic rings. The van der Waals surface area contributed by atoms with Crippen molar-refractivity contribution in [3.63, 3.8) is 0 Å². The van der Waals surface area contributed by atoms with E-state index < -0.39 is 0 Å². The number of hydrogen-bond donors (Lipinski definition) is 2. The summed E-state index contributed by atoms with van der Waals surface area (Å²) in [5.74, 6) is 1.70.